The maximum Gasteiger partial charge on any atom is 0.321 e. The zero-order valence-electron chi connectivity index (χ0n) is 22.2. The summed E-state index contributed by atoms with van der Waals surface area (Å²) in [6.07, 6.45) is 4.44. The Hall–Kier alpha value is -4.16. The Morgan fingerprint density at radius 3 is 2.82 bits per heavy atom. The summed E-state index contributed by atoms with van der Waals surface area (Å²) in [6.45, 7) is 5.34. The molecular weight excluding hydrogens is 480 g/mol. The van der Waals surface area contributed by atoms with E-state index < -0.39 is 0 Å². The minimum Gasteiger partial charge on any atom is -0.490 e. The maximum atomic E-state index is 12.7. The molecule has 1 fully saturated rings. The fourth-order valence-corrected chi connectivity index (χ4v) is 5.06. The van der Waals surface area contributed by atoms with E-state index in [0.29, 0.717) is 34.6 Å². The number of likely N-dealkylation sites (N-methyl/N-ethyl adjacent to an activating group) is 1. The van der Waals surface area contributed by atoms with Crippen LogP contribution in [0.3, 0.4) is 0 Å². The third-order valence-corrected chi connectivity index (χ3v) is 7.09. The number of nitrogens with one attached hydrogen (secondary N) is 1. The first-order valence-electron chi connectivity index (χ1n) is 12.9. The van der Waals surface area contributed by atoms with E-state index in [9.17, 15) is 10.1 Å². The van der Waals surface area contributed by atoms with E-state index in [1.54, 1.807) is 12.1 Å². The van der Waals surface area contributed by atoms with Crippen molar-refractivity contribution in [2.45, 2.75) is 45.3 Å². The van der Waals surface area contributed by atoms with Crippen molar-refractivity contribution in [3.05, 3.63) is 59.3 Å². The number of aromatic nitrogens is 2. The first kappa shape index (κ1) is 25.5. The summed E-state index contributed by atoms with van der Waals surface area (Å²) >= 11 is 0. The highest BCUT2D eigenvalue weighted by molar-refractivity contribution is 5.82. The quantitative estimate of drug-likeness (QED) is 0.510. The van der Waals surface area contributed by atoms with E-state index in [-0.39, 0.29) is 12.1 Å². The van der Waals surface area contributed by atoms with Gasteiger partial charge in [0, 0.05) is 36.5 Å². The molecule has 1 N–H and O–H groups in total. The van der Waals surface area contributed by atoms with Crippen molar-refractivity contribution in [1.29, 1.82) is 5.26 Å². The van der Waals surface area contributed by atoms with Gasteiger partial charge in [0.15, 0.2) is 0 Å². The fourth-order valence-electron chi connectivity index (χ4n) is 5.06. The number of allylic oxidation sites excluding steroid dienone is 1. The standard InChI is InChI=1S/C29H32N6O3/c1-18(2)37-26-11-9-19(14-21(26)15-30)28-32-27(33-38-28)25-7-5-6-23-20(8-10-24(23)25)16-31-29(36)35-13-12-22(17-35)34(3)4/h5-7,9,11,14,16,18,22H,8,10,12-13,17H2,1-4H3,(H,31,36). The minimum absolute atomic E-state index is 0.0361. The molecule has 2 aliphatic rings. The number of amides is 2. The number of nitriles is 1. The first-order valence-corrected chi connectivity index (χ1v) is 12.9. The molecule has 1 aliphatic carbocycles. The Morgan fingerprint density at radius 1 is 1.26 bits per heavy atom. The molecular formula is C29H32N6O3. The van der Waals surface area contributed by atoms with E-state index in [1.165, 1.54) is 0 Å². The number of carbonyl (C=O) groups is 1. The molecule has 1 saturated heterocycles. The minimum atomic E-state index is -0.0594. The van der Waals surface area contributed by atoms with Gasteiger partial charge in [-0.3, -0.25) is 0 Å². The van der Waals surface area contributed by atoms with Crippen molar-refractivity contribution >= 4 is 11.6 Å². The van der Waals surface area contributed by atoms with Crippen LogP contribution in [0.2, 0.25) is 0 Å². The van der Waals surface area contributed by atoms with Crippen LogP contribution in [-0.4, -0.2) is 65.3 Å². The number of fused-ring (bicyclic) bond motifs is 1. The predicted octanol–water partition coefficient (Wildman–Crippen LogP) is 4.70. The zero-order chi connectivity index (χ0) is 26.8. The first-order chi connectivity index (χ1) is 18.3. The number of nitrogens with zero attached hydrogens (tertiary/aromatic N) is 5. The molecule has 0 bridgehead atoms. The average Bonchev–Trinajstić information content (AvgIpc) is 3.67. The summed E-state index contributed by atoms with van der Waals surface area (Å²) in [5.74, 6) is 1.36. The largest absolute Gasteiger partial charge is 0.490 e. The molecule has 0 saturated carbocycles. The summed E-state index contributed by atoms with van der Waals surface area (Å²) < 4.78 is 11.3. The fraction of sp³-hybridized carbons (Fsp3) is 0.379. The smallest absolute Gasteiger partial charge is 0.321 e. The topological polar surface area (TPSA) is 108 Å². The summed E-state index contributed by atoms with van der Waals surface area (Å²) in [5, 5.41) is 16.8. The van der Waals surface area contributed by atoms with Crippen LogP contribution in [0.1, 0.15) is 43.4 Å². The number of hydrogen-bond acceptors (Lipinski definition) is 7. The van der Waals surface area contributed by atoms with Crippen LogP contribution in [0.25, 0.3) is 28.4 Å². The zero-order valence-corrected chi connectivity index (χ0v) is 22.2. The van der Waals surface area contributed by atoms with Gasteiger partial charge in [-0.15, -0.1) is 0 Å². The van der Waals surface area contributed by atoms with Crippen molar-refractivity contribution in [1.82, 2.24) is 25.3 Å². The number of carbonyl (C=O) groups excluding carboxylic acids is 1. The molecule has 196 valence electrons. The third kappa shape index (κ3) is 5.13. The Labute approximate surface area is 222 Å². The summed E-state index contributed by atoms with van der Waals surface area (Å²) in [4.78, 5) is 21.4. The van der Waals surface area contributed by atoms with Crippen molar-refractivity contribution in [2.75, 3.05) is 27.2 Å². The van der Waals surface area contributed by atoms with Crippen molar-refractivity contribution in [2.24, 2.45) is 0 Å². The highest BCUT2D eigenvalue weighted by Crippen LogP contribution is 2.38. The molecule has 1 aromatic heterocycles. The van der Waals surface area contributed by atoms with Crippen molar-refractivity contribution in [3.8, 4) is 34.7 Å². The van der Waals surface area contributed by atoms with Gasteiger partial charge in [-0.2, -0.15) is 10.2 Å². The number of likely N-dealkylation sites (tertiary alicyclic amines) is 1. The Morgan fingerprint density at radius 2 is 2.08 bits per heavy atom. The van der Waals surface area contributed by atoms with Gasteiger partial charge < -0.3 is 24.4 Å². The highest BCUT2D eigenvalue weighted by Gasteiger charge is 2.28. The lowest BCUT2D eigenvalue weighted by atomic mass is 10.0. The second-order valence-electron chi connectivity index (χ2n) is 10.2. The van der Waals surface area contributed by atoms with Crippen LogP contribution < -0.4 is 10.1 Å². The molecule has 5 rings (SSSR count). The lowest BCUT2D eigenvalue weighted by Gasteiger charge is -2.20. The molecule has 0 radical (unpaired) electrons. The molecule has 3 aromatic rings. The Kier molecular flexibility index (Phi) is 7.16. The molecule has 2 aromatic carbocycles. The lowest BCUT2D eigenvalue weighted by molar-refractivity contribution is 0.207. The van der Waals surface area contributed by atoms with Crippen LogP contribution in [0.15, 0.2) is 47.1 Å². The Bertz CT molecular complexity index is 1420. The number of ether oxygens (including phenoxy) is 1. The number of benzene rings is 2. The van der Waals surface area contributed by atoms with Crippen LogP contribution in [-0.2, 0) is 6.42 Å². The molecule has 0 spiro atoms. The van der Waals surface area contributed by atoms with Crippen molar-refractivity contribution < 1.29 is 14.1 Å². The number of rotatable bonds is 6. The van der Waals surface area contributed by atoms with E-state index in [4.69, 9.17) is 9.26 Å². The van der Waals surface area contributed by atoms with E-state index in [2.05, 4.69) is 46.6 Å². The molecule has 38 heavy (non-hydrogen) atoms. The van der Waals surface area contributed by atoms with Gasteiger partial charge in [0.2, 0.25) is 5.82 Å². The van der Waals surface area contributed by atoms with Gasteiger partial charge in [-0.1, -0.05) is 23.4 Å². The van der Waals surface area contributed by atoms with Gasteiger partial charge in [0.1, 0.15) is 11.8 Å². The number of urea groups is 1. The van der Waals surface area contributed by atoms with Gasteiger partial charge in [-0.25, -0.2) is 4.79 Å². The number of hydrogen-bond donors (Lipinski definition) is 1. The highest BCUT2D eigenvalue weighted by atomic mass is 16.5. The third-order valence-electron chi connectivity index (χ3n) is 7.09. The molecule has 1 atom stereocenters. The van der Waals surface area contributed by atoms with Gasteiger partial charge in [-0.05, 0) is 82.1 Å². The van der Waals surface area contributed by atoms with Gasteiger partial charge in [0.25, 0.3) is 5.89 Å². The second-order valence-corrected chi connectivity index (χ2v) is 10.2. The molecule has 2 heterocycles. The molecule has 1 unspecified atom stereocenters. The monoisotopic (exact) mass is 512 g/mol. The summed E-state index contributed by atoms with van der Waals surface area (Å²) in [5.41, 5.74) is 5.28. The van der Waals surface area contributed by atoms with Crippen LogP contribution in [0.4, 0.5) is 4.79 Å². The van der Waals surface area contributed by atoms with Crippen molar-refractivity contribution in [3.63, 3.8) is 0 Å². The normalized spacial score (nSPS) is 17.8. The van der Waals surface area contributed by atoms with Gasteiger partial charge in [0.05, 0.1) is 11.7 Å². The van der Waals surface area contributed by atoms with E-state index in [0.717, 1.165) is 54.6 Å². The molecule has 2 amide bonds. The molecule has 1 aliphatic heterocycles. The van der Waals surface area contributed by atoms with Crippen LogP contribution in [0, 0.1) is 11.3 Å². The maximum absolute atomic E-state index is 12.7. The lowest BCUT2D eigenvalue weighted by Crippen LogP contribution is -2.38. The second kappa shape index (κ2) is 10.7. The summed E-state index contributed by atoms with van der Waals surface area (Å²) in [7, 11) is 4.10. The summed E-state index contributed by atoms with van der Waals surface area (Å²) in [6, 6.07) is 13.8. The van der Waals surface area contributed by atoms with Crippen LogP contribution >= 0.6 is 0 Å². The molecule has 9 heteroatoms. The SMILES string of the molecule is CC(C)Oc1ccc(-c2nc(-c3cccc4c3CCC4=CNC(=O)N3CCC(N(C)C)C3)no2)cc1C#N. The van der Waals surface area contributed by atoms with Gasteiger partial charge >= 0.3 is 6.03 Å². The Balaban J connectivity index is 1.34. The van der Waals surface area contributed by atoms with E-state index in [1.807, 2.05) is 43.1 Å². The van der Waals surface area contributed by atoms with E-state index >= 15 is 0 Å². The molecule has 9 nitrogen and oxygen atoms in total. The van der Waals surface area contributed by atoms with Crippen LogP contribution in [0.5, 0.6) is 5.75 Å². The average molecular weight is 513 g/mol. The predicted molar refractivity (Wildman–Crippen MR) is 144 cm³/mol.